The van der Waals surface area contributed by atoms with E-state index in [2.05, 4.69) is 9.88 Å². The molecule has 1 aromatic rings. The van der Waals surface area contributed by atoms with Gasteiger partial charge < -0.3 is 4.90 Å². The molecular weight excluding hydrogens is 242 g/mol. The number of anilines is 1. The summed E-state index contributed by atoms with van der Waals surface area (Å²) < 4.78 is 0. The highest BCUT2D eigenvalue weighted by atomic mass is 16.6. The number of hydrogen-bond acceptors (Lipinski definition) is 4. The summed E-state index contributed by atoms with van der Waals surface area (Å²) in [5, 5.41) is 10.8. The summed E-state index contributed by atoms with van der Waals surface area (Å²) in [6.07, 6.45) is 7.85. The van der Waals surface area contributed by atoms with Crippen molar-refractivity contribution in [2.45, 2.75) is 45.1 Å². The quantitative estimate of drug-likeness (QED) is 0.619. The summed E-state index contributed by atoms with van der Waals surface area (Å²) in [4.78, 5) is 17.2. The fraction of sp³-hybridized carbons (Fsp3) is 0.643. The van der Waals surface area contributed by atoms with Gasteiger partial charge in [0.2, 0.25) is 0 Å². The van der Waals surface area contributed by atoms with Crippen molar-refractivity contribution in [3.05, 3.63) is 27.9 Å². The highest BCUT2D eigenvalue weighted by molar-refractivity contribution is 5.50. The Kier molecular flexibility index (Phi) is 3.12. The number of hydrogen-bond donors (Lipinski definition) is 0. The van der Waals surface area contributed by atoms with E-state index in [0.29, 0.717) is 11.6 Å². The van der Waals surface area contributed by atoms with Crippen molar-refractivity contribution in [2.75, 3.05) is 11.4 Å². The fourth-order valence-corrected chi connectivity index (χ4v) is 3.27. The number of rotatable bonds is 3. The molecule has 2 aliphatic rings. The first-order valence-corrected chi connectivity index (χ1v) is 7.04. The molecule has 0 amide bonds. The molecule has 0 radical (unpaired) electrons. The predicted octanol–water partition coefficient (Wildman–Crippen LogP) is 3.07. The first-order chi connectivity index (χ1) is 9.16. The van der Waals surface area contributed by atoms with Gasteiger partial charge in [-0.2, -0.15) is 0 Å². The molecule has 102 valence electrons. The van der Waals surface area contributed by atoms with Crippen molar-refractivity contribution in [3.8, 4) is 0 Å². The Morgan fingerprint density at radius 2 is 2.16 bits per heavy atom. The van der Waals surface area contributed by atoms with E-state index in [9.17, 15) is 10.1 Å². The topological polar surface area (TPSA) is 59.3 Å². The summed E-state index contributed by atoms with van der Waals surface area (Å²) in [5.74, 6) is 1.72. The first-order valence-electron chi connectivity index (χ1n) is 7.04. The summed E-state index contributed by atoms with van der Waals surface area (Å²) >= 11 is 0. The van der Waals surface area contributed by atoms with Crippen LogP contribution in [0.3, 0.4) is 0 Å². The molecule has 1 unspecified atom stereocenters. The second-order valence-electron chi connectivity index (χ2n) is 5.68. The van der Waals surface area contributed by atoms with E-state index < -0.39 is 0 Å². The van der Waals surface area contributed by atoms with E-state index in [1.807, 2.05) is 6.07 Å². The van der Waals surface area contributed by atoms with E-state index in [4.69, 9.17) is 0 Å². The highest BCUT2D eigenvalue weighted by Gasteiger charge is 2.35. The van der Waals surface area contributed by atoms with Crippen LogP contribution in [0.5, 0.6) is 0 Å². The summed E-state index contributed by atoms with van der Waals surface area (Å²) in [6.45, 7) is 2.82. The summed E-state index contributed by atoms with van der Waals surface area (Å²) in [5.41, 5.74) is 0.817. The number of aryl methyl sites for hydroxylation is 1. The molecule has 5 nitrogen and oxygen atoms in total. The lowest BCUT2D eigenvalue weighted by molar-refractivity contribution is -0.385. The molecule has 2 fully saturated rings. The smallest absolute Gasteiger partial charge is 0.290 e. The largest absolute Gasteiger partial charge is 0.353 e. The maximum absolute atomic E-state index is 10.8. The van der Waals surface area contributed by atoms with E-state index in [1.165, 1.54) is 38.3 Å². The molecule has 1 aromatic heterocycles. The van der Waals surface area contributed by atoms with Crippen molar-refractivity contribution >= 4 is 11.5 Å². The molecule has 1 aliphatic heterocycles. The monoisotopic (exact) mass is 261 g/mol. The fourth-order valence-electron chi connectivity index (χ4n) is 3.27. The normalized spacial score (nSPS) is 23.4. The van der Waals surface area contributed by atoms with Gasteiger partial charge in [0.25, 0.3) is 5.69 Å². The molecule has 0 spiro atoms. The molecule has 1 atom stereocenters. The van der Waals surface area contributed by atoms with Crippen molar-refractivity contribution in [3.63, 3.8) is 0 Å². The van der Waals surface area contributed by atoms with E-state index >= 15 is 0 Å². The van der Waals surface area contributed by atoms with Crippen LogP contribution in [0.1, 0.15) is 37.7 Å². The van der Waals surface area contributed by atoms with Crippen LogP contribution in [0.2, 0.25) is 0 Å². The first kappa shape index (κ1) is 12.4. The third-order valence-corrected chi connectivity index (χ3v) is 4.55. The minimum absolute atomic E-state index is 0.114. The van der Waals surface area contributed by atoms with E-state index in [-0.39, 0.29) is 10.6 Å². The number of pyridine rings is 1. The van der Waals surface area contributed by atoms with Gasteiger partial charge in [-0.15, -0.1) is 0 Å². The second-order valence-corrected chi connectivity index (χ2v) is 5.68. The lowest BCUT2D eigenvalue weighted by Crippen LogP contribution is -2.39. The van der Waals surface area contributed by atoms with Crippen LogP contribution in [-0.2, 0) is 0 Å². The van der Waals surface area contributed by atoms with Crippen LogP contribution in [0, 0.1) is 23.0 Å². The van der Waals surface area contributed by atoms with Crippen molar-refractivity contribution in [2.24, 2.45) is 5.92 Å². The average Bonchev–Trinajstić information content (AvgIpc) is 2.75. The summed E-state index contributed by atoms with van der Waals surface area (Å²) in [7, 11) is 0. The molecule has 3 rings (SSSR count). The Bertz CT molecular complexity index is 499. The van der Waals surface area contributed by atoms with Gasteiger partial charge in [-0.3, -0.25) is 10.1 Å². The lowest BCUT2D eigenvalue weighted by atomic mass is 9.79. The third-order valence-electron chi connectivity index (χ3n) is 4.55. The molecule has 19 heavy (non-hydrogen) atoms. The SMILES string of the molecule is Cc1cc(N2CCCC2C2CCC2)ncc1[N+](=O)[O-]. The van der Waals surface area contributed by atoms with Gasteiger partial charge in [-0.05, 0) is 44.6 Å². The molecule has 1 saturated carbocycles. The van der Waals surface area contributed by atoms with Crippen molar-refractivity contribution in [1.82, 2.24) is 4.98 Å². The van der Waals surface area contributed by atoms with Gasteiger partial charge in [0, 0.05) is 18.2 Å². The minimum atomic E-state index is -0.362. The third kappa shape index (κ3) is 2.17. The van der Waals surface area contributed by atoms with Crippen LogP contribution in [0.15, 0.2) is 12.3 Å². The summed E-state index contributed by atoms with van der Waals surface area (Å²) in [6, 6.07) is 2.47. The van der Waals surface area contributed by atoms with Gasteiger partial charge in [-0.25, -0.2) is 4.98 Å². The van der Waals surface area contributed by atoms with Crippen molar-refractivity contribution < 1.29 is 4.92 Å². The Labute approximate surface area is 112 Å². The van der Waals surface area contributed by atoms with E-state index in [0.717, 1.165) is 18.3 Å². The maximum atomic E-state index is 10.8. The lowest BCUT2D eigenvalue weighted by Gasteiger charge is -2.37. The molecule has 0 N–H and O–H groups in total. The Balaban J connectivity index is 1.84. The molecule has 1 saturated heterocycles. The van der Waals surface area contributed by atoms with Crippen LogP contribution >= 0.6 is 0 Å². The number of nitrogens with zero attached hydrogens (tertiary/aromatic N) is 3. The van der Waals surface area contributed by atoms with Crippen LogP contribution in [0.25, 0.3) is 0 Å². The zero-order valence-electron chi connectivity index (χ0n) is 11.2. The molecule has 1 aliphatic carbocycles. The maximum Gasteiger partial charge on any atom is 0.290 e. The predicted molar refractivity (Wildman–Crippen MR) is 73.3 cm³/mol. The zero-order valence-corrected chi connectivity index (χ0v) is 11.2. The van der Waals surface area contributed by atoms with Gasteiger partial charge in [0.05, 0.1) is 4.92 Å². The van der Waals surface area contributed by atoms with Gasteiger partial charge in [0.15, 0.2) is 0 Å². The number of nitro groups is 1. The zero-order chi connectivity index (χ0) is 13.4. The molecule has 2 heterocycles. The highest BCUT2D eigenvalue weighted by Crippen LogP contribution is 2.39. The van der Waals surface area contributed by atoms with Gasteiger partial charge in [0.1, 0.15) is 12.0 Å². The second kappa shape index (κ2) is 4.79. The standard InChI is InChI=1S/C14H19N3O2/c1-10-8-14(15-9-13(10)17(18)19)16-7-3-6-12(16)11-4-2-5-11/h8-9,11-12H,2-7H2,1H3. The van der Waals surface area contributed by atoms with E-state index in [1.54, 1.807) is 6.92 Å². The van der Waals surface area contributed by atoms with Crippen LogP contribution < -0.4 is 4.90 Å². The number of aromatic nitrogens is 1. The van der Waals surface area contributed by atoms with Gasteiger partial charge >= 0.3 is 0 Å². The molecule has 0 aromatic carbocycles. The van der Waals surface area contributed by atoms with Gasteiger partial charge in [-0.1, -0.05) is 6.42 Å². The van der Waals surface area contributed by atoms with Crippen molar-refractivity contribution in [1.29, 1.82) is 0 Å². The Morgan fingerprint density at radius 1 is 1.37 bits per heavy atom. The van der Waals surface area contributed by atoms with Crippen LogP contribution in [-0.4, -0.2) is 22.5 Å². The average molecular weight is 261 g/mol. The molecule has 0 bridgehead atoms. The minimum Gasteiger partial charge on any atom is -0.353 e. The molecule has 5 heteroatoms. The molecular formula is C14H19N3O2. The Hall–Kier alpha value is -1.65. The Morgan fingerprint density at radius 3 is 2.74 bits per heavy atom. The van der Waals surface area contributed by atoms with Crippen LogP contribution in [0.4, 0.5) is 11.5 Å².